The van der Waals surface area contributed by atoms with Crippen LogP contribution in [0.4, 0.5) is 0 Å². The van der Waals surface area contributed by atoms with E-state index in [1.807, 2.05) is 0 Å². The van der Waals surface area contributed by atoms with Crippen LogP contribution in [-0.4, -0.2) is 96.7 Å². The van der Waals surface area contributed by atoms with Gasteiger partial charge in [0.05, 0.1) is 26.4 Å². The Labute approximate surface area is 562 Å². The lowest BCUT2D eigenvalue weighted by atomic mass is 9.99. The van der Waals surface area contributed by atoms with Crippen molar-refractivity contribution < 1.29 is 80.2 Å². The molecular weight excluding hydrogens is 1210 g/mol. The van der Waals surface area contributed by atoms with Gasteiger partial charge in [-0.1, -0.05) is 330 Å². The van der Waals surface area contributed by atoms with Crippen molar-refractivity contribution in [3.05, 3.63) is 0 Å². The second-order valence-corrected chi connectivity index (χ2v) is 29.5. The van der Waals surface area contributed by atoms with Gasteiger partial charge in [0.15, 0.2) is 12.2 Å². The van der Waals surface area contributed by atoms with E-state index in [2.05, 4.69) is 34.6 Å². The van der Waals surface area contributed by atoms with Gasteiger partial charge in [0.25, 0.3) is 0 Å². The van der Waals surface area contributed by atoms with Gasteiger partial charge in [-0.2, -0.15) is 0 Å². The molecule has 0 aromatic heterocycles. The molecule has 0 aliphatic rings. The fraction of sp³-hybridized carbons (Fsp3) is 0.945. The van der Waals surface area contributed by atoms with Crippen LogP contribution in [0.25, 0.3) is 0 Å². The Balaban J connectivity index is 5.10. The van der Waals surface area contributed by atoms with Crippen LogP contribution in [0.5, 0.6) is 0 Å². The van der Waals surface area contributed by atoms with Crippen LogP contribution in [0.15, 0.2) is 0 Å². The molecule has 3 N–H and O–H groups in total. The van der Waals surface area contributed by atoms with Crippen molar-refractivity contribution in [2.45, 2.75) is 400 Å². The number of unbranched alkanes of at least 4 members (excludes halogenated alkanes) is 44. The molecule has 19 heteroatoms. The molecule has 0 saturated carbocycles. The van der Waals surface area contributed by atoms with E-state index in [4.69, 9.17) is 37.0 Å². The van der Waals surface area contributed by atoms with Gasteiger partial charge >= 0.3 is 39.5 Å². The molecule has 0 heterocycles. The number of phosphoric ester groups is 2. The summed E-state index contributed by atoms with van der Waals surface area (Å²) >= 11 is 0. The van der Waals surface area contributed by atoms with E-state index < -0.39 is 97.5 Å². The number of carbonyl (C=O) groups is 4. The van der Waals surface area contributed by atoms with Crippen LogP contribution in [0.1, 0.15) is 381 Å². The lowest BCUT2D eigenvalue weighted by molar-refractivity contribution is -0.161. The summed E-state index contributed by atoms with van der Waals surface area (Å²) in [7, 11) is -9.89. The third-order valence-corrected chi connectivity index (χ3v) is 19.3. The quantitative estimate of drug-likeness (QED) is 0.0222. The first-order valence-corrected chi connectivity index (χ1v) is 41.2. The van der Waals surface area contributed by atoms with Crippen LogP contribution in [-0.2, 0) is 65.4 Å². The molecule has 0 spiro atoms. The fourth-order valence-electron chi connectivity index (χ4n) is 11.1. The summed E-state index contributed by atoms with van der Waals surface area (Å²) in [5.74, 6) is -1.26. The minimum atomic E-state index is -4.95. The molecule has 0 amide bonds. The van der Waals surface area contributed by atoms with E-state index in [1.54, 1.807) is 0 Å². The van der Waals surface area contributed by atoms with E-state index in [0.29, 0.717) is 25.7 Å². The summed E-state index contributed by atoms with van der Waals surface area (Å²) in [4.78, 5) is 72.3. The number of hydrogen-bond donors (Lipinski definition) is 3. The molecule has 546 valence electrons. The summed E-state index contributed by atoms with van der Waals surface area (Å²) < 4.78 is 68.1. The van der Waals surface area contributed by atoms with Crippen molar-refractivity contribution in [1.29, 1.82) is 0 Å². The highest BCUT2D eigenvalue weighted by Gasteiger charge is 2.30. The van der Waals surface area contributed by atoms with Crippen LogP contribution in [0.3, 0.4) is 0 Å². The lowest BCUT2D eigenvalue weighted by Gasteiger charge is -2.21. The van der Waals surface area contributed by atoms with E-state index >= 15 is 0 Å². The van der Waals surface area contributed by atoms with Gasteiger partial charge in [-0.05, 0) is 31.6 Å². The van der Waals surface area contributed by atoms with Crippen molar-refractivity contribution in [2.75, 3.05) is 39.6 Å². The Morgan fingerprint density at radius 2 is 0.522 bits per heavy atom. The van der Waals surface area contributed by atoms with Gasteiger partial charge in [0.2, 0.25) is 0 Å². The van der Waals surface area contributed by atoms with Crippen molar-refractivity contribution >= 4 is 39.5 Å². The molecule has 0 rings (SSSR count). The van der Waals surface area contributed by atoms with Gasteiger partial charge in [-0.15, -0.1) is 0 Å². The number of rotatable bonds is 73. The number of esters is 4. The molecule has 92 heavy (non-hydrogen) atoms. The smallest absolute Gasteiger partial charge is 0.462 e. The van der Waals surface area contributed by atoms with E-state index in [1.165, 1.54) is 180 Å². The zero-order valence-electron chi connectivity index (χ0n) is 59.7. The minimum Gasteiger partial charge on any atom is -0.462 e. The van der Waals surface area contributed by atoms with Crippen molar-refractivity contribution in [2.24, 2.45) is 5.92 Å². The molecular formula is C73H142O17P2. The van der Waals surface area contributed by atoms with Gasteiger partial charge in [0, 0.05) is 25.7 Å². The molecule has 0 aromatic carbocycles. The summed E-state index contributed by atoms with van der Waals surface area (Å²) in [5, 5.41) is 10.6. The Kier molecular flexibility index (Phi) is 64.9. The minimum absolute atomic E-state index is 0.104. The SMILES string of the molecule is CCCCCCCCCCCCCCCCCCC(=O)OC[C@H](COP(=O)(O)OC[C@@H](O)COP(=O)(O)OC[C@@H](COC(=O)CCCCCCCCC)OC(=O)CCCCCCCCC)OC(=O)CCCCCCCCCCCCCCCCCCCCC(C)CC. The standard InChI is InChI=1S/C73H142O17P2/c1-6-10-13-16-19-20-21-22-23-29-32-35-38-43-47-52-57-71(76)84-63-69(90-73(78)59-54-49-44-39-36-33-30-27-25-24-26-28-31-34-37-42-45-50-55-66(5)9-4)65-88-92(81,82)86-61-67(74)60-85-91(79,80)87-64-68(89-72(77)58-53-48-41-18-15-12-8-3)62-83-70(75)56-51-46-40-17-14-11-7-2/h66-69,74H,6-65H2,1-5H3,(H,79,80)(H,81,82)/t66?,67-,68+,69+/m0/s1. The number of carbonyl (C=O) groups excluding carboxylic acids is 4. The zero-order chi connectivity index (χ0) is 67.7. The maximum Gasteiger partial charge on any atom is 0.472 e. The summed E-state index contributed by atoms with van der Waals surface area (Å²) in [6.07, 6.45) is 54.5. The zero-order valence-corrected chi connectivity index (χ0v) is 61.5. The number of ether oxygens (including phenoxy) is 4. The number of aliphatic hydroxyl groups is 1. The number of hydrogen-bond acceptors (Lipinski definition) is 15. The van der Waals surface area contributed by atoms with Gasteiger partial charge in [-0.3, -0.25) is 37.3 Å². The molecule has 0 fully saturated rings. The Morgan fingerprint density at radius 1 is 0.304 bits per heavy atom. The van der Waals surface area contributed by atoms with E-state index in [9.17, 15) is 43.2 Å². The van der Waals surface area contributed by atoms with Crippen LogP contribution < -0.4 is 0 Å². The average Bonchev–Trinajstić information content (AvgIpc) is 1.82. The number of phosphoric acid groups is 2. The van der Waals surface area contributed by atoms with E-state index in [0.717, 1.165) is 121 Å². The van der Waals surface area contributed by atoms with Crippen molar-refractivity contribution in [3.8, 4) is 0 Å². The van der Waals surface area contributed by atoms with Gasteiger partial charge in [0.1, 0.15) is 19.3 Å². The number of aliphatic hydroxyl groups excluding tert-OH is 1. The van der Waals surface area contributed by atoms with Crippen molar-refractivity contribution in [3.63, 3.8) is 0 Å². The summed E-state index contributed by atoms with van der Waals surface area (Å²) in [5.41, 5.74) is 0. The van der Waals surface area contributed by atoms with Gasteiger partial charge < -0.3 is 33.8 Å². The first-order valence-electron chi connectivity index (χ1n) is 38.2. The lowest BCUT2D eigenvalue weighted by Crippen LogP contribution is -2.30. The fourth-order valence-corrected chi connectivity index (χ4v) is 12.7. The van der Waals surface area contributed by atoms with E-state index in [-0.39, 0.29) is 25.7 Å². The largest absolute Gasteiger partial charge is 0.472 e. The Hall–Kier alpha value is -1.94. The first kappa shape index (κ1) is 90.1. The molecule has 0 aliphatic heterocycles. The second kappa shape index (κ2) is 66.3. The monoisotopic (exact) mass is 1350 g/mol. The first-order chi connectivity index (χ1) is 44.6. The molecule has 6 atom stereocenters. The molecule has 0 bridgehead atoms. The maximum absolute atomic E-state index is 13.1. The third-order valence-electron chi connectivity index (χ3n) is 17.4. The Bertz CT molecular complexity index is 1770. The highest BCUT2D eigenvalue weighted by Crippen LogP contribution is 2.45. The highest BCUT2D eigenvalue weighted by atomic mass is 31.2. The van der Waals surface area contributed by atoms with Crippen LogP contribution >= 0.6 is 15.6 Å². The van der Waals surface area contributed by atoms with Crippen molar-refractivity contribution in [1.82, 2.24) is 0 Å². The predicted octanol–water partition coefficient (Wildman–Crippen LogP) is 21.3. The molecule has 0 radical (unpaired) electrons. The van der Waals surface area contributed by atoms with Crippen LogP contribution in [0, 0.1) is 5.92 Å². The van der Waals surface area contributed by atoms with Crippen LogP contribution in [0.2, 0.25) is 0 Å². The average molecular weight is 1350 g/mol. The molecule has 0 aromatic rings. The molecule has 0 saturated heterocycles. The maximum atomic E-state index is 13.1. The summed E-state index contributed by atoms with van der Waals surface area (Å²) in [6, 6.07) is 0. The molecule has 3 unspecified atom stereocenters. The Morgan fingerprint density at radius 3 is 0.772 bits per heavy atom. The molecule has 17 nitrogen and oxygen atoms in total. The van der Waals surface area contributed by atoms with Gasteiger partial charge in [-0.25, -0.2) is 9.13 Å². The second-order valence-electron chi connectivity index (χ2n) is 26.6. The highest BCUT2D eigenvalue weighted by molar-refractivity contribution is 7.47. The topological polar surface area (TPSA) is 237 Å². The third kappa shape index (κ3) is 65.4. The molecule has 0 aliphatic carbocycles. The normalized spacial score (nSPS) is 14.3. The summed E-state index contributed by atoms with van der Waals surface area (Å²) in [6.45, 7) is 7.25. The predicted molar refractivity (Wildman–Crippen MR) is 372 cm³/mol.